The van der Waals surface area contributed by atoms with E-state index in [-0.39, 0.29) is 0 Å². The van der Waals surface area contributed by atoms with Crippen LogP contribution < -0.4 is 0 Å². The minimum atomic E-state index is 1.04. The van der Waals surface area contributed by atoms with Gasteiger partial charge in [0.1, 0.15) is 0 Å². The molecule has 0 saturated heterocycles. The average Bonchev–Trinajstić information content (AvgIpc) is 2.29. The van der Waals surface area contributed by atoms with Crippen LogP contribution in [0.2, 0.25) is 0 Å². The fraction of sp³-hybridized carbons (Fsp3) is 0.364. The molecule has 1 heteroatoms. The quantitative estimate of drug-likeness (QED) is 0.552. The van der Waals surface area contributed by atoms with Crippen molar-refractivity contribution in [1.29, 1.82) is 0 Å². The molecule has 1 nitrogen and oxygen atoms in total. The molecule has 1 aliphatic heterocycles. The minimum absolute atomic E-state index is 1.04. The lowest BCUT2D eigenvalue weighted by Gasteiger charge is -2.02. The zero-order chi connectivity index (χ0) is 8.72. The molecule has 0 saturated carbocycles. The summed E-state index contributed by atoms with van der Waals surface area (Å²) in [7, 11) is 0. The Morgan fingerprint density at radius 3 is 2.67 bits per heavy atom. The Bertz CT molecular complexity index is 362. The molecule has 0 fully saturated rings. The molecular formula is C11H13N. The number of nitrogens with zero attached hydrogens (tertiary/aromatic N) is 1. The van der Waals surface area contributed by atoms with Gasteiger partial charge in [0, 0.05) is 12.1 Å². The van der Waals surface area contributed by atoms with Gasteiger partial charge in [0.2, 0.25) is 0 Å². The molecule has 0 N–H and O–H groups in total. The molecule has 0 bridgehead atoms. The van der Waals surface area contributed by atoms with Crippen LogP contribution in [0.3, 0.4) is 0 Å². The van der Waals surface area contributed by atoms with Crippen LogP contribution in [0.15, 0.2) is 17.1 Å². The first kappa shape index (κ1) is 7.53. The maximum absolute atomic E-state index is 4.51. The second-order valence-corrected chi connectivity index (χ2v) is 3.61. The molecule has 12 heavy (non-hydrogen) atoms. The SMILES string of the molecule is CC1=Nc2c(C)cc(C)cc2C1. The minimum Gasteiger partial charge on any atom is -0.257 e. The van der Waals surface area contributed by atoms with E-state index in [1.165, 1.54) is 28.1 Å². The summed E-state index contributed by atoms with van der Waals surface area (Å²) in [6, 6.07) is 4.43. The molecule has 2 rings (SSSR count). The van der Waals surface area contributed by atoms with Gasteiger partial charge < -0.3 is 0 Å². The first-order valence-electron chi connectivity index (χ1n) is 4.31. The third-order valence-corrected chi connectivity index (χ3v) is 2.27. The van der Waals surface area contributed by atoms with Crippen LogP contribution in [0.5, 0.6) is 0 Å². The number of hydrogen-bond donors (Lipinski definition) is 0. The van der Waals surface area contributed by atoms with Crippen molar-refractivity contribution in [3.63, 3.8) is 0 Å². The van der Waals surface area contributed by atoms with Gasteiger partial charge >= 0.3 is 0 Å². The molecule has 0 amide bonds. The van der Waals surface area contributed by atoms with Crippen molar-refractivity contribution >= 4 is 11.4 Å². The van der Waals surface area contributed by atoms with E-state index < -0.39 is 0 Å². The molecule has 62 valence electrons. The highest BCUT2D eigenvalue weighted by molar-refractivity contribution is 5.92. The van der Waals surface area contributed by atoms with Gasteiger partial charge in [0.05, 0.1) is 5.69 Å². The Hall–Kier alpha value is -1.11. The third-order valence-electron chi connectivity index (χ3n) is 2.27. The summed E-state index contributed by atoms with van der Waals surface area (Å²) < 4.78 is 0. The van der Waals surface area contributed by atoms with Gasteiger partial charge in [0.15, 0.2) is 0 Å². The van der Waals surface area contributed by atoms with E-state index in [0.717, 1.165) is 6.42 Å². The van der Waals surface area contributed by atoms with E-state index in [9.17, 15) is 0 Å². The van der Waals surface area contributed by atoms with E-state index in [1.807, 2.05) is 0 Å². The average molecular weight is 159 g/mol. The topological polar surface area (TPSA) is 12.4 Å². The van der Waals surface area contributed by atoms with Crippen molar-refractivity contribution in [2.75, 3.05) is 0 Å². The zero-order valence-electron chi connectivity index (χ0n) is 7.81. The predicted octanol–water partition coefficient (Wildman–Crippen LogP) is 2.95. The van der Waals surface area contributed by atoms with Crippen molar-refractivity contribution in [2.24, 2.45) is 4.99 Å². The van der Waals surface area contributed by atoms with Crippen LogP contribution in [0.4, 0.5) is 5.69 Å². The first-order chi connectivity index (χ1) is 5.66. The van der Waals surface area contributed by atoms with Crippen molar-refractivity contribution in [1.82, 2.24) is 0 Å². The summed E-state index contributed by atoms with van der Waals surface area (Å²) in [6.45, 7) is 6.36. The normalized spacial score (nSPS) is 14.4. The van der Waals surface area contributed by atoms with Crippen LogP contribution in [0.1, 0.15) is 23.6 Å². The highest BCUT2D eigenvalue weighted by Gasteiger charge is 2.13. The summed E-state index contributed by atoms with van der Waals surface area (Å²) in [6.07, 6.45) is 1.04. The Labute approximate surface area is 73.1 Å². The summed E-state index contributed by atoms with van der Waals surface area (Å²) in [5, 5.41) is 0. The van der Waals surface area contributed by atoms with Gasteiger partial charge in [-0.05, 0) is 31.9 Å². The molecule has 0 unspecified atom stereocenters. The van der Waals surface area contributed by atoms with Crippen molar-refractivity contribution in [3.05, 3.63) is 28.8 Å². The third kappa shape index (κ3) is 1.06. The number of aliphatic imine (C=N–C) groups is 1. The van der Waals surface area contributed by atoms with Crippen molar-refractivity contribution in [2.45, 2.75) is 27.2 Å². The summed E-state index contributed by atoms with van der Waals surface area (Å²) >= 11 is 0. The van der Waals surface area contributed by atoms with Gasteiger partial charge in [-0.25, -0.2) is 0 Å². The molecule has 1 aliphatic rings. The molecular weight excluding hydrogens is 146 g/mol. The highest BCUT2D eigenvalue weighted by Crippen LogP contribution is 2.31. The fourth-order valence-electron chi connectivity index (χ4n) is 1.85. The Morgan fingerprint density at radius 1 is 1.17 bits per heavy atom. The molecule has 0 radical (unpaired) electrons. The zero-order valence-corrected chi connectivity index (χ0v) is 7.81. The standard InChI is InChI=1S/C11H13N/c1-7-4-8(2)11-10(5-7)6-9(3)12-11/h4-5H,6H2,1-3H3. The largest absolute Gasteiger partial charge is 0.257 e. The summed E-state index contributed by atoms with van der Waals surface area (Å²) in [5.41, 5.74) is 6.49. The summed E-state index contributed by atoms with van der Waals surface area (Å²) in [4.78, 5) is 4.51. The van der Waals surface area contributed by atoms with Crippen LogP contribution in [0.25, 0.3) is 0 Å². The molecule has 0 atom stereocenters. The molecule has 1 aromatic carbocycles. The van der Waals surface area contributed by atoms with Gasteiger partial charge in [-0.1, -0.05) is 17.7 Å². The Morgan fingerprint density at radius 2 is 1.92 bits per heavy atom. The number of benzene rings is 1. The Balaban J connectivity index is 2.62. The number of aryl methyl sites for hydroxylation is 2. The van der Waals surface area contributed by atoms with E-state index in [2.05, 4.69) is 37.9 Å². The van der Waals surface area contributed by atoms with Crippen molar-refractivity contribution in [3.8, 4) is 0 Å². The van der Waals surface area contributed by atoms with Crippen LogP contribution in [-0.4, -0.2) is 5.71 Å². The second kappa shape index (κ2) is 2.44. The number of fused-ring (bicyclic) bond motifs is 1. The van der Waals surface area contributed by atoms with E-state index in [0.29, 0.717) is 0 Å². The molecule has 0 aromatic heterocycles. The molecule has 1 aromatic rings. The molecule has 0 spiro atoms. The lowest BCUT2D eigenvalue weighted by atomic mass is 10.0. The van der Waals surface area contributed by atoms with Gasteiger partial charge in [0.25, 0.3) is 0 Å². The summed E-state index contributed by atoms with van der Waals surface area (Å²) in [5.74, 6) is 0. The smallest absolute Gasteiger partial charge is 0.0694 e. The fourth-order valence-corrected chi connectivity index (χ4v) is 1.85. The van der Waals surface area contributed by atoms with Crippen LogP contribution in [0, 0.1) is 13.8 Å². The first-order valence-corrected chi connectivity index (χ1v) is 4.31. The predicted molar refractivity (Wildman–Crippen MR) is 52.4 cm³/mol. The lowest BCUT2D eigenvalue weighted by Crippen LogP contribution is -1.89. The van der Waals surface area contributed by atoms with E-state index in [1.54, 1.807) is 0 Å². The number of rotatable bonds is 0. The number of hydrogen-bond acceptors (Lipinski definition) is 1. The van der Waals surface area contributed by atoms with Crippen LogP contribution >= 0.6 is 0 Å². The monoisotopic (exact) mass is 159 g/mol. The van der Waals surface area contributed by atoms with Crippen molar-refractivity contribution < 1.29 is 0 Å². The molecule has 0 aliphatic carbocycles. The van der Waals surface area contributed by atoms with Gasteiger partial charge in [-0.15, -0.1) is 0 Å². The lowest BCUT2D eigenvalue weighted by molar-refractivity contribution is 1.30. The van der Waals surface area contributed by atoms with Gasteiger partial charge in [-0.3, -0.25) is 4.99 Å². The van der Waals surface area contributed by atoms with E-state index >= 15 is 0 Å². The molecule has 1 heterocycles. The highest BCUT2D eigenvalue weighted by atomic mass is 14.8. The Kier molecular flexibility index (Phi) is 1.53. The maximum atomic E-state index is 4.51. The second-order valence-electron chi connectivity index (χ2n) is 3.61. The van der Waals surface area contributed by atoms with Gasteiger partial charge in [-0.2, -0.15) is 0 Å². The van der Waals surface area contributed by atoms with Crippen LogP contribution in [-0.2, 0) is 6.42 Å². The van der Waals surface area contributed by atoms with E-state index in [4.69, 9.17) is 0 Å². The maximum Gasteiger partial charge on any atom is 0.0694 e.